The lowest BCUT2D eigenvalue weighted by atomic mass is 10.1. The Morgan fingerprint density at radius 2 is 1.73 bits per heavy atom. The molecular weight excluding hydrogens is 291 g/mol. The lowest BCUT2D eigenvalue weighted by Gasteiger charge is -2.22. The van der Waals surface area contributed by atoms with Crippen LogP contribution >= 0.6 is 0 Å². The van der Waals surface area contributed by atoms with Crippen molar-refractivity contribution in [2.45, 2.75) is 6.54 Å². The van der Waals surface area contributed by atoms with Crippen molar-refractivity contribution >= 4 is 5.91 Å². The van der Waals surface area contributed by atoms with Gasteiger partial charge in [0.1, 0.15) is 5.82 Å². The lowest BCUT2D eigenvalue weighted by Crippen LogP contribution is -2.31. The Morgan fingerprint density at radius 3 is 2.41 bits per heavy atom. The van der Waals surface area contributed by atoms with E-state index in [0.29, 0.717) is 0 Å². The number of carbonyl (C=O) groups excluding carboxylic acids is 1. The van der Waals surface area contributed by atoms with Gasteiger partial charge in [-0.15, -0.1) is 6.58 Å². The highest BCUT2D eigenvalue weighted by Crippen LogP contribution is 2.17. The van der Waals surface area contributed by atoms with Gasteiger partial charge >= 0.3 is 0 Å². The first-order chi connectivity index (χ1) is 10.5. The number of rotatable bonds is 5. The average Bonchev–Trinajstić information content (AvgIpc) is 2.51. The Balaban J connectivity index is 2.31. The molecule has 0 aliphatic heterocycles. The molecule has 1 amide bonds. The molecule has 0 aliphatic carbocycles. The van der Waals surface area contributed by atoms with Crippen molar-refractivity contribution in [2.24, 2.45) is 0 Å². The molecule has 0 N–H and O–H groups in total. The summed E-state index contributed by atoms with van der Waals surface area (Å²) in [5.74, 6) is -3.50. The average molecular weight is 305 g/mol. The fraction of sp³-hybridized carbons (Fsp3) is 0.118. The van der Waals surface area contributed by atoms with Crippen LogP contribution < -0.4 is 0 Å². The minimum atomic E-state index is -1.21. The first kappa shape index (κ1) is 15.8. The summed E-state index contributed by atoms with van der Waals surface area (Å²) in [5, 5.41) is 0. The summed E-state index contributed by atoms with van der Waals surface area (Å²) >= 11 is 0. The van der Waals surface area contributed by atoms with E-state index in [1.165, 1.54) is 41.3 Å². The predicted octanol–water partition coefficient (Wildman–Crippen LogP) is 3.93. The van der Waals surface area contributed by atoms with Gasteiger partial charge in [0.05, 0.1) is 5.56 Å². The van der Waals surface area contributed by atoms with Gasteiger partial charge in [0, 0.05) is 18.7 Å². The Hall–Kier alpha value is -2.56. The Kier molecular flexibility index (Phi) is 4.99. The highest BCUT2D eigenvalue weighted by atomic mass is 19.2. The highest BCUT2D eigenvalue weighted by Gasteiger charge is 2.21. The SMILES string of the molecule is C=CCN(Cc1ccccc1F)C(=O)c1cccc(F)c1F. The van der Waals surface area contributed by atoms with Gasteiger partial charge in [-0.05, 0) is 18.2 Å². The number of amides is 1. The molecule has 114 valence electrons. The zero-order valence-corrected chi connectivity index (χ0v) is 11.7. The van der Waals surface area contributed by atoms with E-state index in [4.69, 9.17) is 0 Å². The molecule has 0 heterocycles. The van der Waals surface area contributed by atoms with Gasteiger partial charge in [-0.25, -0.2) is 13.2 Å². The third-order valence-electron chi connectivity index (χ3n) is 3.14. The van der Waals surface area contributed by atoms with E-state index in [-0.39, 0.29) is 18.7 Å². The quantitative estimate of drug-likeness (QED) is 0.766. The standard InChI is InChI=1S/C17H14F3NO/c1-2-10-21(11-12-6-3-4-8-14(12)18)17(22)13-7-5-9-15(19)16(13)20/h2-9H,1,10-11H2. The van der Waals surface area contributed by atoms with Gasteiger partial charge in [0.15, 0.2) is 11.6 Å². The van der Waals surface area contributed by atoms with E-state index in [9.17, 15) is 18.0 Å². The van der Waals surface area contributed by atoms with E-state index in [2.05, 4.69) is 6.58 Å². The van der Waals surface area contributed by atoms with Gasteiger partial charge in [0.25, 0.3) is 5.91 Å². The van der Waals surface area contributed by atoms with Gasteiger partial charge in [0.2, 0.25) is 0 Å². The van der Waals surface area contributed by atoms with Gasteiger partial charge in [-0.2, -0.15) is 0 Å². The molecule has 0 fully saturated rings. The summed E-state index contributed by atoms with van der Waals surface area (Å²) in [6.07, 6.45) is 1.44. The van der Waals surface area contributed by atoms with Crippen molar-refractivity contribution in [2.75, 3.05) is 6.54 Å². The van der Waals surface area contributed by atoms with Crippen molar-refractivity contribution in [1.82, 2.24) is 4.90 Å². The number of hydrogen-bond donors (Lipinski definition) is 0. The van der Waals surface area contributed by atoms with Gasteiger partial charge in [-0.3, -0.25) is 4.79 Å². The first-order valence-corrected chi connectivity index (χ1v) is 6.62. The molecule has 2 aromatic rings. The maximum Gasteiger partial charge on any atom is 0.257 e. The monoisotopic (exact) mass is 305 g/mol. The molecule has 0 aromatic heterocycles. The first-order valence-electron chi connectivity index (χ1n) is 6.62. The molecular formula is C17H14F3NO. The van der Waals surface area contributed by atoms with Crippen LogP contribution in [0.25, 0.3) is 0 Å². The van der Waals surface area contributed by atoms with Crippen LogP contribution in [-0.4, -0.2) is 17.4 Å². The van der Waals surface area contributed by atoms with E-state index in [1.54, 1.807) is 6.07 Å². The van der Waals surface area contributed by atoms with Crippen molar-refractivity contribution in [3.8, 4) is 0 Å². The topological polar surface area (TPSA) is 20.3 Å². The van der Waals surface area contributed by atoms with E-state index in [0.717, 1.165) is 6.07 Å². The normalized spacial score (nSPS) is 10.3. The van der Waals surface area contributed by atoms with Crippen LogP contribution in [0.2, 0.25) is 0 Å². The maximum absolute atomic E-state index is 13.7. The smallest absolute Gasteiger partial charge is 0.257 e. The van der Waals surface area contributed by atoms with Crippen LogP contribution in [0, 0.1) is 17.5 Å². The summed E-state index contributed by atoms with van der Waals surface area (Å²) in [6, 6.07) is 9.34. The van der Waals surface area contributed by atoms with E-state index < -0.39 is 28.9 Å². The maximum atomic E-state index is 13.7. The van der Waals surface area contributed by atoms with Crippen LogP contribution in [-0.2, 0) is 6.54 Å². The number of hydrogen-bond acceptors (Lipinski definition) is 1. The van der Waals surface area contributed by atoms with E-state index in [1.807, 2.05) is 0 Å². The largest absolute Gasteiger partial charge is 0.330 e. The van der Waals surface area contributed by atoms with Gasteiger partial charge < -0.3 is 4.90 Å². The summed E-state index contributed by atoms with van der Waals surface area (Å²) < 4.78 is 40.7. The van der Waals surface area contributed by atoms with E-state index >= 15 is 0 Å². The Morgan fingerprint density at radius 1 is 1.05 bits per heavy atom. The summed E-state index contributed by atoms with van der Waals surface area (Å²) in [5.41, 5.74) is -0.104. The van der Waals surface area contributed by atoms with Crippen LogP contribution in [0.15, 0.2) is 55.1 Å². The third kappa shape index (κ3) is 3.36. The van der Waals surface area contributed by atoms with Crippen LogP contribution in [0.4, 0.5) is 13.2 Å². The minimum absolute atomic E-state index is 0.0620. The second-order valence-electron chi connectivity index (χ2n) is 4.67. The minimum Gasteiger partial charge on any atom is -0.330 e. The summed E-state index contributed by atoms with van der Waals surface area (Å²) in [4.78, 5) is 13.6. The molecule has 0 radical (unpaired) electrons. The highest BCUT2D eigenvalue weighted by molar-refractivity contribution is 5.94. The van der Waals surface area contributed by atoms with Crippen molar-refractivity contribution in [1.29, 1.82) is 0 Å². The third-order valence-corrected chi connectivity index (χ3v) is 3.14. The second kappa shape index (κ2) is 6.93. The number of nitrogens with zero attached hydrogens (tertiary/aromatic N) is 1. The fourth-order valence-electron chi connectivity index (χ4n) is 2.05. The molecule has 2 nitrogen and oxygen atoms in total. The molecule has 5 heteroatoms. The van der Waals surface area contributed by atoms with Crippen LogP contribution in [0.1, 0.15) is 15.9 Å². The zero-order chi connectivity index (χ0) is 16.1. The Labute approximate surface area is 126 Å². The van der Waals surface area contributed by atoms with Crippen molar-refractivity contribution in [3.63, 3.8) is 0 Å². The van der Waals surface area contributed by atoms with Gasteiger partial charge in [-0.1, -0.05) is 30.3 Å². The molecule has 0 saturated carbocycles. The van der Waals surface area contributed by atoms with Crippen LogP contribution in [0.5, 0.6) is 0 Å². The molecule has 0 atom stereocenters. The summed E-state index contributed by atoms with van der Waals surface area (Å²) in [6.45, 7) is 3.55. The second-order valence-corrected chi connectivity index (χ2v) is 4.67. The number of benzene rings is 2. The Bertz CT molecular complexity index is 700. The predicted molar refractivity (Wildman–Crippen MR) is 77.7 cm³/mol. The molecule has 0 aliphatic rings. The number of halogens is 3. The van der Waals surface area contributed by atoms with Crippen LogP contribution in [0.3, 0.4) is 0 Å². The molecule has 22 heavy (non-hydrogen) atoms. The molecule has 0 unspecified atom stereocenters. The molecule has 0 saturated heterocycles. The molecule has 2 rings (SSSR count). The molecule has 0 bridgehead atoms. The molecule has 0 spiro atoms. The fourth-order valence-corrected chi connectivity index (χ4v) is 2.05. The molecule has 2 aromatic carbocycles. The zero-order valence-electron chi connectivity index (χ0n) is 11.7. The summed E-state index contributed by atoms with van der Waals surface area (Å²) in [7, 11) is 0. The number of carbonyl (C=O) groups is 1. The lowest BCUT2D eigenvalue weighted by molar-refractivity contribution is 0.0755. The van der Waals surface area contributed by atoms with Crippen molar-refractivity contribution < 1.29 is 18.0 Å². The van der Waals surface area contributed by atoms with Crippen molar-refractivity contribution in [3.05, 3.63) is 83.7 Å².